The normalized spacial score (nSPS) is 13.3. The Bertz CT molecular complexity index is 1130. The van der Waals surface area contributed by atoms with Crippen LogP contribution in [-0.2, 0) is 17.8 Å². The molecule has 1 N–H and O–H groups in total. The number of fused-ring (bicyclic) bond motifs is 1. The van der Waals surface area contributed by atoms with E-state index in [1.165, 1.54) is 0 Å². The Morgan fingerprint density at radius 2 is 2.03 bits per heavy atom. The van der Waals surface area contributed by atoms with Gasteiger partial charge in [-0.05, 0) is 18.7 Å². The second-order valence-corrected chi connectivity index (χ2v) is 8.39. The summed E-state index contributed by atoms with van der Waals surface area (Å²) in [6.45, 7) is 7.45. The number of ether oxygens (including phenoxy) is 1. The molecule has 3 heterocycles. The van der Waals surface area contributed by atoms with Gasteiger partial charge in [0.1, 0.15) is 11.6 Å². The van der Waals surface area contributed by atoms with E-state index in [2.05, 4.69) is 27.2 Å². The van der Waals surface area contributed by atoms with E-state index in [4.69, 9.17) is 21.3 Å². The highest BCUT2D eigenvalue weighted by molar-refractivity contribution is 6.31. The van der Waals surface area contributed by atoms with E-state index in [0.717, 1.165) is 43.9 Å². The Balaban J connectivity index is 1.52. The number of aromatic nitrogens is 4. The minimum absolute atomic E-state index is 0.0861. The van der Waals surface area contributed by atoms with Crippen LogP contribution in [0.3, 0.4) is 0 Å². The molecule has 0 fully saturated rings. The standard InChI is InChI=1S/C23H28ClF2N7O/c1-3-31(10-11-34-2)8-9-33-14-16(12-29-33)20-13-28-22-23(30-20)32(7-6-27-22)15-17-18(25)4-5-19(26)21(17)24/h4-5,12-14H,3,6-11,15H2,1-2H3,(H,27,28). The van der Waals surface area contributed by atoms with Crippen LogP contribution in [0, 0.1) is 11.6 Å². The van der Waals surface area contributed by atoms with Crippen molar-refractivity contribution in [3.05, 3.63) is 52.9 Å². The van der Waals surface area contributed by atoms with E-state index >= 15 is 0 Å². The molecule has 2 aromatic heterocycles. The molecule has 0 unspecified atom stereocenters. The van der Waals surface area contributed by atoms with Gasteiger partial charge in [-0.1, -0.05) is 18.5 Å². The Kier molecular flexibility index (Phi) is 7.91. The summed E-state index contributed by atoms with van der Waals surface area (Å²) in [6, 6.07) is 2.12. The third kappa shape index (κ3) is 5.45. The van der Waals surface area contributed by atoms with Crippen LogP contribution >= 0.6 is 11.6 Å². The van der Waals surface area contributed by atoms with E-state index in [9.17, 15) is 8.78 Å². The molecule has 0 saturated heterocycles. The molecule has 0 bridgehead atoms. The molecule has 4 rings (SSSR count). The van der Waals surface area contributed by atoms with Crippen LogP contribution in [0.1, 0.15) is 12.5 Å². The molecule has 3 aromatic rings. The SMILES string of the molecule is CCN(CCOC)CCn1cc(-c2cnc3c(n2)N(Cc2c(F)ccc(F)c2Cl)CCN3)cn1. The summed E-state index contributed by atoms with van der Waals surface area (Å²) >= 11 is 6.05. The average molecular weight is 492 g/mol. The zero-order valence-electron chi connectivity index (χ0n) is 19.3. The smallest absolute Gasteiger partial charge is 0.172 e. The maximum Gasteiger partial charge on any atom is 0.172 e. The summed E-state index contributed by atoms with van der Waals surface area (Å²) in [7, 11) is 1.70. The lowest BCUT2D eigenvalue weighted by molar-refractivity contribution is 0.148. The fourth-order valence-electron chi connectivity index (χ4n) is 3.85. The van der Waals surface area contributed by atoms with Crippen LogP contribution in [0.4, 0.5) is 20.4 Å². The average Bonchev–Trinajstić information content (AvgIpc) is 3.33. The van der Waals surface area contributed by atoms with E-state index in [-0.39, 0.29) is 17.1 Å². The highest BCUT2D eigenvalue weighted by Gasteiger charge is 2.23. The van der Waals surface area contributed by atoms with Crippen molar-refractivity contribution in [1.29, 1.82) is 0 Å². The second-order valence-electron chi connectivity index (χ2n) is 8.02. The topological polar surface area (TPSA) is 71.3 Å². The molecule has 34 heavy (non-hydrogen) atoms. The number of rotatable bonds is 10. The Labute approximate surface area is 202 Å². The first-order valence-corrected chi connectivity index (χ1v) is 11.6. The predicted octanol–water partition coefficient (Wildman–Crippen LogP) is 3.67. The third-order valence-electron chi connectivity index (χ3n) is 5.85. The van der Waals surface area contributed by atoms with Crippen molar-refractivity contribution < 1.29 is 13.5 Å². The van der Waals surface area contributed by atoms with Crippen molar-refractivity contribution >= 4 is 23.2 Å². The Morgan fingerprint density at radius 3 is 2.82 bits per heavy atom. The van der Waals surface area contributed by atoms with E-state index in [0.29, 0.717) is 37.0 Å². The number of nitrogens with zero attached hydrogens (tertiary/aromatic N) is 6. The van der Waals surface area contributed by atoms with Crippen molar-refractivity contribution in [2.75, 3.05) is 56.7 Å². The number of hydrogen-bond donors (Lipinski definition) is 1. The first-order valence-electron chi connectivity index (χ1n) is 11.2. The van der Waals surface area contributed by atoms with E-state index < -0.39 is 11.6 Å². The lowest BCUT2D eigenvalue weighted by atomic mass is 10.1. The fourth-order valence-corrected chi connectivity index (χ4v) is 4.06. The molecule has 0 amide bonds. The molecule has 8 nitrogen and oxygen atoms in total. The molecular formula is C23H28ClF2N7O. The summed E-state index contributed by atoms with van der Waals surface area (Å²) in [4.78, 5) is 13.4. The molecule has 182 valence electrons. The lowest BCUT2D eigenvalue weighted by Gasteiger charge is -2.30. The van der Waals surface area contributed by atoms with Crippen LogP contribution in [0.2, 0.25) is 5.02 Å². The zero-order valence-corrected chi connectivity index (χ0v) is 20.0. The number of anilines is 2. The summed E-state index contributed by atoms with van der Waals surface area (Å²) < 4.78 is 35.3. The number of likely N-dealkylation sites (N-methyl/N-ethyl adjacent to an activating group) is 1. The maximum atomic E-state index is 14.4. The molecule has 0 spiro atoms. The van der Waals surface area contributed by atoms with Crippen molar-refractivity contribution in [3.63, 3.8) is 0 Å². The molecular weight excluding hydrogens is 464 g/mol. The Morgan fingerprint density at radius 1 is 1.21 bits per heavy atom. The van der Waals surface area contributed by atoms with Crippen molar-refractivity contribution in [3.8, 4) is 11.3 Å². The maximum absolute atomic E-state index is 14.4. The molecule has 1 aliphatic rings. The quantitative estimate of drug-likeness (QED) is 0.434. The molecule has 0 radical (unpaired) electrons. The zero-order chi connectivity index (χ0) is 24.1. The van der Waals surface area contributed by atoms with Gasteiger partial charge in [0.2, 0.25) is 0 Å². The summed E-state index contributed by atoms with van der Waals surface area (Å²) in [6.07, 6.45) is 5.37. The van der Waals surface area contributed by atoms with Crippen LogP contribution in [0.25, 0.3) is 11.3 Å². The van der Waals surface area contributed by atoms with Crippen LogP contribution < -0.4 is 10.2 Å². The minimum atomic E-state index is -0.649. The molecule has 0 saturated carbocycles. The van der Waals surface area contributed by atoms with Crippen molar-refractivity contribution in [1.82, 2.24) is 24.6 Å². The van der Waals surface area contributed by atoms with Gasteiger partial charge < -0.3 is 15.0 Å². The highest BCUT2D eigenvalue weighted by atomic mass is 35.5. The van der Waals surface area contributed by atoms with Gasteiger partial charge in [-0.2, -0.15) is 5.10 Å². The van der Waals surface area contributed by atoms with Crippen LogP contribution in [0.5, 0.6) is 0 Å². The first kappa shape index (κ1) is 24.3. The van der Waals surface area contributed by atoms with Crippen molar-refractivity contribution in [2.45, 2.75) is 20.0 Å². The largest absolute Gasteiger partial charge is 0.383 e. The summed E-state index contributed by atoms with van der Waals surface area (Å²) in [5.41, 5.74) is 1.58. The monoisotopic (exact) mass is 491 g/mol. The molecule has 0 atom stereocenters. The van der Waals surface area contributed by atoms with Gasteiger partial charge in [-0.3, -0.25) is 9.58 Å². The van der Waals surface area contributed by atoms with Crippen LogP contribution in [-0.4, -0.2) is 71.1 Å². The molecule has 0 aliphatic carbocycles. The van der Waals surface area contributed by atoms with Gasteiger partial charge in [0.05, 0.1) is 36.3 Å². The van der Waals surface area contributed by atoms with Gasteiger partial charge in [0, 0.05) is 57.2 Å². The molecule has 11 heteroatoms. The first-order chi connectivity index (χ1) is 16.5. The van der Waals surface area contributed by atoms with Gasteiger partial charge in [-0.15, -0.1) is 0 Å². The predicted molar refractivity (Wildman–Crippen MR) is 128 cm³/mol. The van der Waals surface area contributed by atoms with E-state index in [1.54, 1.807) is 19.5 Å². The Hall–Kier alpha value is -2.82. The minimum Gasteiger partial charge on any atom is -0.383 e. The number of hydrogen-bond acceptors (Lipinski definition) is 7. The summed E-state index contributed by atoms with van der Waals surface area (Å²) in [5.74, 6) is -0.0481. The van der Waals surface area contributed by atoms with Gasteiger partial charge in [-0.25, -0.2) is 18.7 Å². The van der Waals surface area contributed by atoms with Gasteiger partial charge in [0.15, 0.2) is 11.6 Å². The number of halogens is 3. The van der Waals surface area contributed by atoms with Gasteiger partial charge in [0.25, 0.3) is 0 Å². The summed E-state index contributed by atoms with van der Waals surface area (Å²) in [5, 5.41) is 7.46. The van der Waals surface area contributed by atoms with Crippen LogP contribution in [0.15, 0.2) is 30.7 Å². The number of benzene rings is 1. The second kappa shape index (κ2) is 11.1. The molecule has 1 aromatic carbocycles. The fraction of sp³-hybridized carbons (Fsp3) is 0.435. The number of methoxy groups -OCH3 is 1. The molecule has 1 aliphatic heterocycles. The third-order valence-corrected chi connectivity index (χ3v) is 6.26. The van der Waals surface area contributed by atoms with E-state index in [1.807, 2.05) is 15.8 Å². The van der Waals surface area contributed by atoms with Crippen molar-refractivity contribution in [2.24, 2.45) is 0 Å². The lowest BCUT2D eigenvalue weighted by Crippen LogP contribution is -2.35. The highest BCUT2D eigenvalue weighted by Crippen LogP contribution is 2.31. The number of nitrogens with one attached hydrogen (secondary N) is 1. The van der Waals surface area contributed by atoms with Gasteiger partial charge >= 0.3 is 0 Å².